The Morgan fingerprint density at radius 1 is 1.24 bits per heavy atom. The van der Waals surface area contributed by atoms with Crippen molar-refractivity contribution in [2.45, 2.75) is 11.8 Å². The summed E-state index contributed by atoms with van der Waals surface area (Å²) in [6, 6.07) is 9.45. The molecule has 0 fully saturated rings. The van der Waals surface area contributed by atoms with Crippen LogP contribution in [0.4, 0.5) is 15.8 Å². The Bertz CT molecular complexity index is 842. The predicted octanol–water partition coefficient (Wildman–Crippen LogP) is 2.39. The molecule has 2 aromatic rings. The van der Waals surface area contributed by atoms with E-state index in [2.05, 4.69) is 4.72 Å². The Balaban J connectivity index is 2.49. The van der Waals surface area contributed by atoms with Crippen molar-refractivity contribution in [3.8, 4) is 6.07 Å². The normalized spacial score (nSPS) is 10.9. The molecule has 0 aliphatic carbocycles. The number of nitriles is 1. The third kappa shape index (κ3) is 3.12. The average molecular weight is 305 g/mol. The van der Waals surface area contributed by atoms with Crippen molar-refractivity contribution in [2.24, 2.45) is 0 Å². The topological polar surface area (TPSA) is 96.0 Å². The fraction of sp³-hybridized carbons (Fsp3) is 0.0714. The molecule has 0 aliphatic rings. The molecule has 0 bridgehead atoms. The Hall–Kier alpha value is -2.59. The van der Waals surface area contributed by atoms with E-state index in [1.54, 1.807) is 13.0 Å². The van der Waals surface area contributed by atoms with Gasteiger partial charge in [0.05, 0.1) is 11.3 Å². The molecule has 0 heterocycles. The number of halogens is 1. The van der Waals surface area contributed by atoms with Crippen LogP contribution in [0.1, 0.15) is 11.1 Å². The number of nitrogens with one attached hydrogen (secondary N) is 1. The maximum absolute atomic E-state index is 13.2. The molecule has 108 valence electrons. The van der Waals surface area contributed by atoms with Gasteiger partial charge in [0.25, 0.3) is 10.0 Å². The maximum atomic E-state index is 13.2. The Labute approximate surface area is 121 Å². The number of nitrogens with two attached hydrogens (primary N) is 1. The zero-order valence-electron chi connectivity index (χ0n) is 11.1. The first-order chi connectivity index (χ1) is 9.83. The highest BCUT2D eigenvalue weighted by Crippen LogP contribution is 2.23. The molecule has 2 rings (SSSR count). The molecule has 0 aliphatic heterocycles. The number of nitrogens with zero attached hydrogens (tertiary/aromatic N) is 1. The minimum atomic E-state index is -4.01. The van der Waals surface area contributed by atoms with Gasteiger partial charge in [-0.05, 0) is 42.8 Å². The highest BCUT2D eigenvalue weighted by molar-refractivity contribution is 7.92. The summed E-state index contributed by atoms with van der Waals surface area (Å²) in [6.07, 6.45) is 0. The van der Waals surface area contributed by atoms with E-state index < -0.39 is 15.8 Å². The van der Waals surface area contributed by atoms with Gasteiger partial charge in [0.15, 0.2) is 0 Å². The molecule has 0 amide bonds. The molecule has 0 atom stereocenters. The van der Waals surface area contributed by atoms with Gasteiger partial charge in [0.1, 0.15) is 16.8 Å². The first kappa shape index (κ1) is 14.8. The van der Waals surface area contributed by atoms with Gasteiger partial charge in [-0.25, -0.2) is 12.8 Å². The molecule has 3 N–H and O–H groups in total. The molecule has 0 spiro atoms. The van der Waals surface area contributed by atoms with Gasteiger partial charge < -0.3 is 5.73 Å². The van der Waals surface area contributed by atoms with Gasteiger partial charge in [-0.1, -0.05) is 6.07 Å². The van der Waals surface area contributed by atoms with E-state index >= 15 is 0 Å². The van der Waals surface area contributed by atoms with Crippen LogP contribution in [0.2, 0.25) is 0 Å². The van der Waals surface area contributed by atoms with Crippen LogP contribution < -0.4 is 10.5 Å². The van der Waals surface area contributed by atoms with Crippen LogP contribution in [0, 0.1) is 24.1 Å². The van der Waals surface area contributed by atoms with E-state index in [1.165, 1.54) is 30.3 Å². The number of sulfonamides is 1. The van der Waals surface area contributed by atoms with Crippen molar-refractivity contribution in [2.75, 3.05) is 10.5 Å². The lowest BCUT2D eigenvalue weighted by molar-refractivity contribution is 0.600. The SMILES string of the molecule is Cc1ccc(F)cc1NS(=O)(=O)c1ccc(N)cc1C#N. The summed E-state index contributed by atoms with van der Waals surface area (Å²) in [5.74, 6) is -0.559. The summed E-state index contributed by atoms with van der Waals surface area (Å²) in [4.78, 5) is -0.206. The van der Waals surface area contributed by atoms with E-state index in [0.29, 0.717) is 5.56 Å². The molecule has 21 heavy (non-hydrogen) atoms. The molecule has 7 heteroatoms. The van der Waals surface area contributed by atoms with Gasteiger partial charge in [-0.2, -0.15) is 5.26 Å². The predicted molar refractivity (Wildman–Crippen MR) is 77.5 cm³/mol. The van der Waals surface area contributed by atoms with Gasteiger partial charge in [0.2, 0.25) is 0 Å². The second-order valence-electron chi connectivity index (χ2n) is 4.43. The number of anilines is 2. The minimum absolute atomic E-state index is 0.0726. The van der Waals surface area contributed by atoms with Crippen LogP contribution in [0.3, 0.4) is 0 Å². The van der Waals surface area contributed by atoms with E-state index in [4.69, 9.17) is 11.0 Å². The van der Waals surface area contributed by atoms with Crippen molar-refractivity contribution in [1.82, 2.24) is 0 Å². The van der Waals surface area contributed by atoms with Crippen molar-refractivity contribution in [3.05, 3.63) is 53.3 Å². The van der Waals surface area contributed by atoms with Crippen LogP contribution >= 0.6 is 0 Å². The zero-order chi connectivity index (χ0) is 15.6. The fourth-order valence-corrected chi connectivity index (χ4v) is 3.03. The van der Waals surface area contributed by atoms with E-state index in [0.717, 1.165) is 6.07 Å². The standard InChI is InChI=1S/C14H12FN3O2S/c1-9-2-3-11(15)7-13(9)18-21(19,20)14-5-4-12(17)6-10(14)8-16/h2-7,18H,17H2,1H3. The van der Waals surface area contributed by atoms with Crippen LogP contribution in [0.15, 0.2) is 41.3 Å². The monoisotopic (exact) mass is 305 g/mol. The zero-order valence-corrected chi connectivity index (χ0v) is 11.9. The highest BCUT2D eigenvalue weighted by atomic mass is 32.2. The van der Waals surface area contributed by atoms with Crippen molar-refractivity contribution in [1.29, 1.82) is 5.26 Å². The molecule has 5 nitrogen and oxygen atoms in total. The third-order valence-electron chi connectivity index (χ3n) is 2.86. The lowest BCUT2D eigenvalue weighted by Gasteiger charge is -2.12. The molecule has 0 saturated carbocycles. The first-order valence-electron chi connectivity index (χ1n) is 5.92. The molecule has 0 saturated heterocycles. The number of hydrogen-bond donors (Lipinski definition) is 2. The number of benzene rings is 2. The Kier molecular flexibility index (Phi) is 3.82. The Morgan fingerprint density at radius 3 is 2.62 bits per heavy atom. The quantitative estimate of drug-likeness (QED) is 0.851. The molecule has 0 radical (unpaired) electrons. The van der Waals surface area contributed by atoms with Gasteiger partial charge in [-0.15, -0.1) is 0 Å². The van der Waals surface area contributed by atoms with Gasteiger partial charge >= 0.3 is 0 Å². The lowest BCUT2D eigenvalue weighted by Crippen LogP contribution is -2.15. The smallest absolute Gasteiger partial charge is 0.263 e. The number of hydrogen-bond acceptors (Lipinski definition) is 4. The number of nitrogen functional groups attached to an aromatic ring is 1. The summed E-state index contributed by atoms with van der Waals surface area (Å²) in [5.41, 5.74) is 6.42. The maximum Gasteiger partial charge on any atom is 0.263 e. The minimum Gasteiger partial charge on any atom is -0.399 e. The first-order valence-corrected chi connectivity index (χ1v) is 7.40. The van der Waals surface area contributed by atoms with Gasteiger partial charge in [-0.3, -0.25) is 4.72 Å². The Morgan fingerprint density at radius 2 is 1.95 bits per heavy atom. The van der Waals surface area contributed by atoms with Crippen LogP contribution in [-0.4, -0.2) is 8.42 Å². The number of rotatable bonds is 3. The van der Waals surface area contributed by atoms with Gasteiger partial charge in [0, 0.05) is 5.69 Å². The number of aryl methyl sites for hydroxylation is 1. The second-order valence-corrected chi connectivity index (χ2v) is 6.08. The summed E-state index contributed by atoms with van der Waals surface area (Å²) >= 11 is 0. The molecule has 0 aromatic heterocycles. The summed E-state index contributed by atoms with van der Waals surface area (Å²) < 4.78 is 40.2. The van der Waals surface area contributed by atoms with Crippen molar-refractivity contribution in [3.63, 3.8) is 0 Å². The van der Waals surface area contributed by atoms with Crippen molar-refractivity contribution < 1.29 is 12.8 Å². The van der Waals surface area contributed by atoms with Crippen molar-refractivity contribution >= 4 is 21.4 Å². The van der Waals surface area contributed by atoms with Crippen LogP contribution in [-0.2, 0) is 10.0 Å². The molecule has 2 aromatic carbocycles. The summed E-state index contributed by atoms with van der Waals surface area (Å²) in [6.45, 7) is 1.64. The van der Waals surface area contributed by atoms with Crippen LogP contribution in [0.5, 0.6) is 0 Å². The lowest BCUT2D eigenvalue weighted by atomic mass is 10.2. The third-order valence-corrected chi connectivity index (χ3v) is 4.28. The highest BCUT2D eigenvalue weighted by Gasteiger charge is 2.20. The second kappa shape index (κ2) is 5.42. The summed E-state index contributed by atoms with van der Waals surface area (Å²) in [5, 5.41) is 9.01. The summed E-state index contributed by atoms with van der Waals surface area (Å²) in [7, 11) is -4.01. The fourth-order valence-electron chi connectivity index (χ4n) is 1.77. The average Bonchev–Trinajstić information content (AvgIpc) is 2.42. The molecule has 0 unspecified atom stereocenters. The molecular formula is C14H12FN3O2S. The van der Waals surface area contributed by atoms with E-state index in [9.17, 15) is 12.8 Å². The van der Waals surface area contributed by atoms with Crippen LogP contribution in [0.25, 0.3) is 0 Å². The van der Waals surface area contributed by atoms with E-state index in [1.807, 2.05) is 0 Å². The largest absolute Gasteiger partial charge is 0.399 e. The van der Waals surface area contributed by atoms with E-state index in [-0.39, 0.29) is 21.8 Å². The molecular weight excluding hydrogens is 293 g/mol.